The molecule has 0 radical (unpaired) electrons. The number of nitrogens with one attached hydrogen (secondary N) is 1. The maximum atomic E-state index is 5.66. The van der Waals surface area contributed by atoms with Crippen LogP contribution in [0, 0.1) is 19.8 Å². The molecule has 1 aromatic rings. The highest BCUT2D eigenvalue weighted by Crippen LogP contribution is 2.32. The van der Waals surface area contributed by atoms with Crippen molar-refractivity contribution in [2.75, 3.05) is 7.05 Å². The average Bonchev–Trinajstić information content (AvgIpc) is 2.63. The molecule has 1 rings (SSSR count). The summed E-state index contributed by atoms with van der Waals surface area (Å²) in [6.07, 6.45) is 5.10. The fourth-order valence-corrected chi connectivity index (χ4v) is 2.68. The molecule has 0 aliphatic carbocycles. The predicted molar refractivity (Wildman–Crippen MR) is 73.3 cm³/mol. The molecule has 2 nitrogen and oxygen atoms in total. The quantitative estimate of drug-likeness (QED) is 0.761. The van der Waals surface area contributed by atoms with Gasteiger partial charge in [-0.25, -0.2) is 0 Å². The molecule has 0 saturated heterocycles. The fourth-order valence-electron chi connectivity index (χ4n) is 2.68. The second-order valence-corrected chi connectivity index (χ2v) is 4.95. The summed E-state index contributed by atoms with van der Waals surface area (Å²) in [5.41, 5.74) is 1.34. The Labute approximate surface area is 106 Å². The monoisotopic (exact) mass is 237 g/mol. The van der Waals surface area contributed by atoms with Crippen LogP contribution < -0.4 is 5.32 Å². The Morgan fingerprint density at radius 1 is 1.29 bits per heavy atom. The molecule has 1 aromatic heterocycles. The summed E-state index contributed by atoms with van der Waals surface area (Å²) in [4.78, 5) is 0. The van der Waals surface area contributed by atoms with Gasteiger partial charge in [0.05, 0.1) is 0 Å². The maximum absolute atomic E-state index is 5.66. The molecule has 0 bridgehead atoms. The molecule has 1 heterocycles. The maximum Gasteiger partial charge on any atom is 0.105 e. The number of furan rings is 1. The molecule has 2 unspecified atom stereocenters. The van der Waals surface area contributed by atoms with Gasteiger partial charge in [-0.2, -0.15) is 0 Å². The third-order valence-electron chi connectivity index (χ3n) is 3.65. The summed E-state index contributed by atoms with van der Waals surface area (Å²) in [6, 6.07) is 2.62. The molecule has 2 atom stereocenters. The zero-order chi connectivity index (χ0) is 12.8. The van der Waals surface area contributed by atoms with E-state index in [0.717, 1.165) is 11.5 Å². The predicted octanol–water partition coefficient (Wildman–Crippen LogP) is 4.37. The lowest BCUT2D eigenvalue weighted by atomic mass is 9.87. The molecule has 0 fully saturated rings. The molecule has 1 N–H and O–H groups in total. The van der Waals surface area contributed by atoms with E-state index >= 15 is 0 Å². The van der Waals surface area contributed by atoms with E-state index in [2.05, 4.69) is 39.2 Å². The van der Waals surface area contributed by atoms with Crippen molar-refractivity contribution in [3.63, 3.8) is 0 Å². The van der Waals surface area contributed by atoms with Crippen molar-refractivity contribution < 1.29 is 4.42 Å². The van der Waals surface area contributed by atoms with Crippen molar-refractivity contribution in [1.82, 2.24) is 5.32 Å². The van der Waals surface area contributed by atoms with E-state index in [0.29, 0.717) is 12.0 Å². The molecule has 0 saturated carbocycles. The first kappa shape index (κ1) is 14.3. The van der Waals surface area contributed by atoms with Gasteiger partial charge in [0.2, 0.25) is 0 Å². The molecule has 98 valence electrons. The Balaban J connectivity index is 2.84. The minimum atomic E-state index is 0.434. The first-order chi connectivity index (χ1) is 8.13. The highest BCUT2D eigenvalue weighted by molar-refractivity contribution is 5.24. The van der Waals surface area contributed by atoms with Gasteiger partial charge in [-0.3, -0.25) is 0 Å². The Morgan fingerprint density at radius 3 is 2.41 bits per heavy atom. The summed E-state index contributed by atoms with van der Waals surface area (Å²) in [5.74, 6) is 2.79. The molecule has 0 amide bonds. The van der Waals surface area contributed by atoms with Crippen LogP contribution in [0.25, 0.3) is 0 Å². The van der Waals surface area contributed by atoms with E-state index in [1.165, 1.54) is 31.2 Å². The van der Waals surface area contributed by atoms with Crippen LogP contribution in [0.3, 0.4) is 0 Å². The van der Waals surface area contributed by atoms with Gasteiger partial charge in [0, 0.05) is 11.6 Å². The van der Waals surface area contributed by atoms with Crippen LogP contribution in [-0.2, 0) is 0 Å². The van der Waals surface area contributed by atoms with Crippen LogP contribution in [0.15, 0.2) is 10.5 Å². The normalized spacial score (nSPS) is 14.9. The molecular formula is C15H27NO. The lowest BCUT2D eigenvalue weighted by Crippen LogP contribution is -2.25. The second-order valence-electron chi connectivity index (χ2n) is 4.95. The Hall–Kier alpha value is -0.760. The summed E-state index contributed by atoms with van der Waals surface area (Å²) in [5, 5.41) is 3.47. The molecule has 0 aromatic carbocycles. The van der Waals surface area contributed by atoms with Gasteiger partial charge < -0.3 is 9.73 Å². The second kappa shape index (κ2) is 6.85. The highest BCUT2D eigenvalue weighted by Gasteiger charge is 2.23. The number of unbranched alkanes of at least 4 members (excludes halogenated alkanes) is 1. The first-order valence-electron chi connectivity index (χ1n) is 6.88. The minimum Gasteiger partial charge on any atom is -0.466 e. The smallest absolute Gasteiger partial charge is 0.105 e. The van der Waals surface area contributed by atoms with Crippen LogP contribution in [0.2, 0.25) is 0 Å². The van der Waals surface area contributed by atoms with Gasteiger partial charge in [0.15, 0.2) is 0 Å². The molecule has 2 heteroatoms. The third kappa shape index (κ3) is 3.60. The van der Waals surface area contributed by atoms with Gasteiger partial charge >= 0.3 is 0 Å². The lowest BCUT2D eigenvalue weighted by molar-refractivity contribution is 0.335. The SMILES string of the molecule is CCCCC(CC)C(NC)c1cc(C)oc1C. The summed E-state index contributed by atoms with van der Waals surface area (Å²) < 4.78 is 5.66. The number of rotatable bonds is 7. The van der Waals surface area contributed by atoms with E-state index in [9.17, 15) is 0 Å². The molecule has 0 aliphatic heterocycles. The van der Waals surface area contributed by atoms with E-state index in [1.54, 1.807) is 0 Å². The van der Waals surface area contributed by atoms with Crippen LogP contribution in [-0.4, -0.2) is 7.05 Å². The summed E-state index contributed by atoms with van der Waals surface area (Å²) in [7, 11) is 2.06. The Bertz CT molecular complexity index is 330. The molecule has 0 spiro atoms. The van der Waals surface area contributed by atoms with Gasteiger partial charge in [0.25, 0.3) is 0 Å². The molecule has 17 heavy (non-hydrogen) atoms. The highest BCUT2D eigenvalue weighted by atomic mass is 16.3. The van der Waals surface area contributed by atoms with Gasteiger partial charge in [-0.05, 0) is 39.3 Å². The minimum absolute atomic E-state index is 0.434. The summed E-state index contributed by atoms with van der Waals surface area (Å²) >= 11 is 0. The zero-order valence-corrected chi connectivity index (χ0v) is 12.0. The Morgan fingerprint density at radius 2 is 2.00 bits per heavy atom. The summed E-state index contributed by atoms with van der Waals surface area (Å²) in [6.45, 7) is 8.64. The van der Waals surface area contributed by atoms with Crippen LogP contribution in [0.5, 0.6) is 0 Å². The van der Waals surface area contributed by atoms with Crippen LogP contribution in [0.1, 0.15) is 62.7 Å². The topological polar surface area (TPSA) is 25.2 Å². The van der Waals surface area contributed by atoms with Crippen LogP contribution >= 0.6 is 0 Å². The molecular weight excluding hydrogens is 210 g/mol. The average molecular weight is 237 g/mol. The number of aryl methyl sites for hydroxylation is 2. The van der Waals surface area contributed by atoms with Crippen molar-refractivity contribution in [2.24, 2.45) is 5.92 Å². The van der Waals surface area contributed by atoms with Crippen molar-refractivity contribution in [3.05, 3.63) is 23.2 Å². The van der Waals surface area contributed by atoms with E-state index in [1.807, 2.05) is 6.92 Å². The standard InChI is InChI=1S/C15H27NO/c1-6-8-9-13(7-2)15(16-5)14-10-11(3)17-12(14)4/h10,13,15-16H,6-9H2,1-5H3. The van der Waals surface area contributed by atoms with E-state index < -0.39 is 0 Å². The Kier molecular flexibility index (Phi) is 5.76. The van der Waals surface area contributed by atoms with Gasteiger partial charge in [-0.15, -0.1) is 0 Å². The van der Waals surface area contributed by atoms with Crippen molar-refractivity contribution in [2.45, 2.75) is 59.4 Å². The van der Waals surface area contributed by atoms with Crippen molar-refractivity contribution in [3.8, 4) is 0 Å². The fraction of sp³-hybridized carbons (Fsp3) is 0.733. The van der Waals surface area contributed by atoms with Crippen molar-refractivity contribution in [1.29, 1.82) is 0 Å². The van der Waals surface area contributed by atoms with Crippen LogP contribution in [0.4, 0.5) is 0 Å². The molecule has 0 aliphatic rings. The third-order valence-corrected chi connectivity index (χ3v) is 3.65. The lowest BCUT2D eigenvalue weighted by Gasteiger charge is -2.25. The zero-order valence-electron chi connectivity index (χ0n) is 12.0. The number of hydrogen-bond donors (Lipinski definition) is 1. The first-order valence-corrected chi connectivity index (χ1v) is 6.88. The van der Waals surface area contributed by atoms with E-state index in [-0.39, 0.29) is 0 Å². The largest absolute Gasteiger partial charge is 0.466 e. The van der Waals surface area contributed by atoms with Gasteiger partial charge in [-0.1, -0.05) is 33.1 Å². The van der Waals surface area contributed by atoms with Crippen molar-refractivity contribution >= 4 is 0 Å². The van der Waals surface area contributed by atoms with E-state index in [4.69, 9.17) is 4.42 Å². The number of hydrogen-bond acceptors (Lipinski definition) is 2. The van der Waals surface area contributed by atoms with Gasteiger partial charge in [0.1, 0.15) is 11.5 Å².